The summed E-state index contributed by atoms with van der Waals surface area (Å²) in [7, 11) is -2.32. The monoisotopic (exact) mass is 640 g/mol. The van der Waals surface area contributed by atoms with Gasteiger partial charge in [0.05, 0.1) is 61.0 Å². The van der Waals surface area contributed by atoms with Crippen LogP contribution in [0.1, 0.15) is 52.7 Å². The Hall–Kier alpha value is -4.20. The van der Waals surface area contributed by atoms with Crippen LogP contribution < -0.4 is 24.2 Å². The standard InChI is InChI=1S/C32H40N4O8S/c1-21-26(31(38)44-25-9-7-24(8-10-25)43-16-13-36-11-14-42-15-12-36)19-23(20-33-21)34-30(37)27-17-22(32(2,3)4)18-28(29(27)41-5)35-45(6,39)40/h7-10,17-20,35H,11-16H2,1-6H3,(H,34,37). The number of aromatic nitrogens is 1. The lowest BCUT2D eigenvalue weighted by Crippen LogP contribution is -2.38. The van der Waals surface area contributed by atoms with Gasteiger partial charge in [-0.05, 0) is 60.4 Å². The minimum atomic E-state index is -3.67. The first kappa shape index (κ1) is 33.7. The van der Waals surface area contributed by atoms with E-state index in [1.807, 2.05) is 20.8 Å². The quantitative estimate of drug-likeness (QED) is 0.230. The zero-order valence-electron chi connectivity index (χ0n) is 26.4. The first-order valence-corrected chi connectivity index (χ1v) is 16.4. The summed E-state index contributed by atoms with van der Waals surface area (Å²) in [6.45, 7) is 12.1. The Morgan fingerprint density at radius 2 is 1.69 bits per heavy atom. The molecule has 0 atom stereocenters. The SMILES string of the molecule is COc1c(NS(C)(=O)=O)cc(C(C)(C)C)cc1C(=O)Nc1cnc(C)c(C(=O)Oc2ccc(OCCN3CCOCC3)cc2)c1. The first-order chi connectivity index (χ1) is 21.2. The van der Waals surface area contributed by atoms with Gasteiger partial charge in [0.25, 0.3) is 5.91 Å². The van der Waals surface area contributed by atoms with Gasteiger partial charge in [-0.15, -0.1) is 0 Å². The van der Waals surface area contributed by atoms with Crippen molar-refractivity contribution in [1.29, 1.82) is 0 Å². The van der Waals surface area contributed by atoms with E-state index in [0.717, 1.165) is 39.1 Å². The maximum absolute atomic E-state index is 13.5. The van der Waals surface area contributed by atoms with Crippen LogP contribution in [0.4, 0.5) is 11.4 Å². The fraction of sp³-hybridized carbons (Fsp3) is 0.406. The smallest absolute Gasteiger partial charge is 0.345 e. The zero-order chi connectivity index (χ0) is 32.8. The number of rotatable bonds is 11. The number of nitrogens with one attached hydrogen (secondary N) is 2. The van der Waals surface area contributed by atoms with Crippen LogP contribution in [0.3, 0.4) is 0 Å². The van der Waals surface area contributed by atoms with Crippen LogP contribution in [0.5, 0.6) is 17.2 Å². The molecule has 0 bridgehead atoms. The van der Waals surface area contributed by atoms with Crippen molar-refractivity contribution >= 4 is 33.3 Å². The van der Waals surface area contributed by atoms with Crippen molar-refractivity contribution in [3.8, 4) is 17.2 Å². The van der Waals surface area contributed by atoms with E-state index in [0.29, 0.717) is 29.4 Å². The molecule has 3 aromatic rings. The number of methoxy groups -OCH3 is 1. The van der Waals surface area contributed by atoms with Crippen LogP contribution in [-0.4, -0.2) is 83.0 Å². The molecule has 1 amide bonds. The molecule has 1 aromatic heterocycles. The highest BCUT2D eigenvalue weighted by Gasteiger charge is 2.25. The lowest BCUT2D eigenvalue weighted by molar-refractivity contribution is 0.0322. The number of pyridine rings is 1. The molecule has 13 heteroatoms. The first-order valence-electron chi connectivity index (χ1n) is 14.5. The maximum Gasteiger partial charge on any atom is 0.345 e. The van der Waals surface area contributed by atoms with Gasteiger partial charge in [0.2, 0.25) is 10.0 Å². The largest absolute Gasteiger partial charge is 0.494 e. The molecule has 1 saturated heterocycles. The molecule has 1 fully saturated rings. The van der Waals surface area contributed by atoms with Gasteiger partial charge >= 0.3 is 5.97 Å². The number of nitrogens with zero attached hydrogens (tertiary/aromatic N) is 2. The summed E-state index contributed by atoms with van der Waals surface area (Å²) in [5.41, 5.74) is 1.35. The number of sulfonamides is 1. The highest BCUT2D eigenvalue weighted by atomic mass is 32.2. The van der Waals surface area contributed by atoms with E-state index in [9.17, 15) is 18.0 Å². The second-order valence-electron chi connectivity index (χ2n) is 11.7. The van der Waals surface area contributed by atoms with Crippen LogP contribution in [-0.2, 0) is 20.2 Å². The van der Waals surface area contributed by atoms with Crippen molar-refractivity contribution in [1.82, 2.24) is 9.88 Å². The third kappa shape index (κ3) is 9.40. The van der Waals surface area contributed by atoms with Gasteiger partial charge in [-0.25, -0.2) is 13.2 Å². The number of ether oxygens (including phenoxy) is 4. The molecule has 0 aliphatic carbocycles. The number of morpholine rings is 1. The van der Waals surface area contributed by atoms with Crippen molar-refractivity contribution in [2.75, 3.05) is 62.9 Å². The second-order valence-corrected chi connectivity index (χ2v) is 13.5. The molecule has 0 radical (unpaired) electrons. The minimum Gasteiger partial charge on any atom is -0.494 e. The molecule has 1 aliphatic rings. The molecule has 45 heavy (non-hydrogen) atoms. The fourth-order valence-electron chi connectivity index (χ4n) is 4.62. The summed E-state index contributed by atoms with van der Waals surface area (Å²) in [5, 5.41) is 2.75. The van der Waals surface area contributed by atoms with E-state index in [1.54, 1.807) is 43.3 Å². The molecule has 0 spiro atoms. The number of amides is 1. The molecular formula is C32H40N4O8S. The van der Waals surface area contributed by atoms with Gasteiger partial charge in [-0.2, -0.15) is 0 Å². The van der Waals surface area contributed by atoms with Crippen LogP contribution >= 0.6 is 0 Å². The molecule has 0 unspecified atom stereocenters. The number of carbonyl (C=O) groups is 2. The second kappa shape index (κ2) is 14.3. The average Bonchev–Trinajstić information content (AvgIpc) is 2.97. The van der Waals surface area contributed by atoms with Gasteiger partial charge < -0.3 is 24.3 Å². The normalized spacial score (nSPS) is 14.0. The number of hydrogen-bond acceptors (Lipinski definition) is 10. The third-order valence-electron chi connectivity index (χ3n) is 7.08. The van der Waals surface area contributed by atoms with E-state index < -0.39 is 27.3 Å². The Bertz CT molecular complexity index is 1630. The Morgan fingerprint density at radius 3 is 2.31 bits per heavy atom. The number of carbonyl (C=O) groups excluding carboxylic acids is 2. The van der Waals surface area contributed by atoms with Crippen LogP contribution in [0.2, 0.25) is 0 Å². The fourth-order valence-corrected chi connectivity index (χ4v) is 5.17. The number of benzene rings is 2. The van der Waals surface area contributed by atoms with E-state index >= 15 is 0 Å². The molecule has 0 saturated carbocycles. The zero-order valence-corrected chi connectivity index (χ0v) is 27.2. The molecule has 242 valence electrons. The number of anilines is 2. The molecule has 2 N–H and O–H groups in total. The highest BCUT2D eigenvalue weighted by Crippen LogP contribution is 2.36. The number of esters is 1. The predicted octanol–water partition coefficient (Wildman–Crippen LogP) is 4.25. The number of hydrogen-bond donors (Lipinski definition) is 2. The number of aryl methyl sites for hydroxylation is 1. The summed E-state index contributed by atoms with van der Waals surface area (Å²) in [6, 6.07) is 11.5. The molecule has 2 heterocycles. The highest BCUT2D eigenvalue weighted by molar-refractivity contribution is 7.92. The molecule has 1 aliphatic heterocycles. The van der Waals surface area contributed by atoms with Gasteiger partial charge in [0.1, 0.15) is 18.1 Å². The summed E-state index contributed by atoms with van der Waals surface area (Å²) in [6.07, 6.45) is 2.44. The topological polar surface area (TPSA) is 145 Å². The van der Waals surface area contributed by atoms with Gasteiger partial charge in [0, 0.05) is 19.6 Å². The van der Waals surface area contributed by atoms with Crippen molar-refractivity contribution in [3.63, 3.8) is 0 Å². The van der Waals surface area contributed by atoms with E-state index in [1.165, 1.54) is 19.4 Å². The maximum atomic E-state index is 13.5. The van der Waals surface area contributed by atoms with Crippen molar-refractivity contribution < 1.29 is 37.0 Å². The van der Waals surface area contributed by atoms with E-state index in [-0.39, 0.29) is 28.3 Å². The Kier molecular flexibility index (Phi) is 10.7. The lowest BCUT2D eigenvalue weighted by atomic mass is 9.85. The summed E-state index contributed by atoms with van der Waals surface area (Å²) < 4.78 is 48.7. The molecule has 12 nitrogen and oxygen atoms in total. The molecule has 2 aromatic carbocycles. The third-order valence-corrected chi connectivity index (χ3v) is 7.67. The average molecular weight is 641 g/mol. The molecule has 4 rings (SSSR count). The van der Waals surface area contributed by atoms with Crippen molar-refractivity contribution in [2.45, 2.75) is 33.1 Å². The predicted molar refractivity (Wildman–Crippen MR) is 171 cm³/mol. The summed E-state index contributed by atoms with van der Waals surface area (Å²) in [4.78, 5) is 33.2. The van der Waals surface area contributed by atoms with Crippen molar-refractivity contribution in [2.24, 2.45) is 0 Å². The van der Waals surface area contributed by atoms with Crippen LogP contribution in [0.15, 0.2) is 48.7 Å². The minimum absolute atomic E-state index is 0.0548. The van der Waals surface area contributed by atoms with Crippen LogP contribution in [0.25, 0.3) is 0 Å². The van der Waals surface area contributed by atoms with E-state index in [4.69, 9.17) is 18.9 Å². The van der Waals surface area contributed by atoms with Gasteiger partial charge in [-0.1, -0.05) is 20.8 Å². The van der Waals surface area contributed by atoms with Gasteiger partial charge in [-0.3, -0.25) is 19.4 Å². The molecular weight excluding hydrogens is 600 g/mol. The van der Waals surface area contributed by atoms with Crippen LogP contribution in [0, 0.1) is 6.92 Å². The van der Waals surface area contributed by atoms with Crippen molar-refractivity contribution in [3.05, 3.63) is 71.0 Å². The summed E-state index contributed by atoms with van der Waals surface area (Å²) in [5.74, 6) is -0.192. The summed E-state index contributed by atoms with van der Waals surface area (Å²) >= 11 is 0. The Balaban J connectivity index is 1.47. The Labute approximate surface area is 264 Å². The lowest BCUT2D eigenvalue weighted by Gasteiger charge is -2.26. The Morgan fingerprint density at radius 1 is 1.02 bits per heavy atom. The van der Waals surface area contributed by atoms with E-state index in [2.05, 4.69) is 19.9 Å². The van der Waals surface area contributed by atoms with Gasteiger partial charge in [0.15, 0.2) is 5.75 Å².